The highest BCUT2D eigenvalue weighted by Gasteiger charge is 2.60. The van der Waals surface area contributed by atoms with Crippen LogP contribution in [0.15, 0.2) is 0 Å². The second kappa shape index (κ2) is 3.23. The lowest BCUT2D eigenvalue weighted by Gasteiger charge is -2.39. The zero-order valence-corrected chi connectivity index (χ0v) is 9.72. The van der Waals surface area contributed by atoms with Gasteiger partial charge >= 0.3 is 5.97 Å². The Kier molecular flexibility index (Phi) is 1.96. The third-order valence-corrected chi connectivity index (χ3v) is 5.04. The number of rotatable bonds is 2. The second-order valence-electron chi connectivity index (χ2n) is 5.90. The summed E-state index contributed by atoms with van der Waals surface area (Å²) in [6.07, 6.45) is 6.52. The van der Waals surface area contributed by atoms with Gasteiger partial charge in [-0.05, 0) is 44.4 Å². The van der Waals surface area contributed by atoms with Crippen molar-refractivity contribution in [1.29, 1.82) is 0 Å². The second-order valence-corrected chi connectivity index (χ2v) is 5.90. The van der Waals surface area contributed by atoms with Gasteiger partial charge in [0.25, 0.3) is 0 Å². The summed E-state index contributed by atoms with van der Waals surface area (Å²) in [5, 5.41) is 9.66. The molecule has 2 aliphatic heterocycles. The molecule has 0 amide bonds. The van der Waals surface area contributed by atoms with Gasteiger partial charge in [-0.2, -0.15) is 0 Å². The maximum absolute atomic E-state index is 11.7. The fourth-order valence-corrected chi connectivity index (χ4v) is 3.82. The van der Waals surface area contributed by atoms with Crippen LogP contribution in [0, 0.1) is 11.3 Å². The van der Waals surface area contributed by atoms with Gasteiger partial charge < -0.3 is 14.6 Å². The first-order chi connectivity index (χ1) is 8.19. The third kappa shape index (κ3) is 1.47. The van der Waals surface area contributed by atoms with Gasteiger partial charge in [0.2, 0.25) is 0 Å². The highest BCUT2D eigenvalue weighted by atomic mass is 16.6. The van der Waals surface area contributed by atoms with Crippen LogP contribution in [0.25, 0.3) is 0 Å². The molecule has 4 fully saturated rings. The van der Waals surface area contributed by atoms with E-state index in [-0.39, 0.29) is 6.10 Å². The third-order valence-electron chi connectivity index (χ3n) is 5.04. The summed E-state index contributed by atoms with van der Waals surface area (Å²) in [5.41, 5.74) is -0.603. The van der Waals surface area contributed by atoms with Gasteiger partial charge in [-0.1, -0.05) is 0 Å². The summed E-state index contributed by atoms with van der Waals surface area (Å²) in [5.74, 6) is 0.582. The van der Waals surface area contributed by atoms with Crippen LogP contribution in [-0.2, 0) is 14.3 Å². The molecule has 2 aliphatic carbocycles. The van der Waals surface area contributed by atoms with E-state index in [0.29, 0.717) is 24.7 Å². The van der Waals surface area contributed by atoms with Crippen LogP contribution in [0.2, 0.25) is 0 Å². The van der Waals surface area contributed by atoms with E-state index >= 15 is 0 Å². The zero-order chi connectivity index (χ0) is 11.6. The summed E-state index contributed by atoms with van der Waals surface area (Å²) in [6.45, 7) is 0. The van der Waals surface area contributed by atoms with Crippen molar-refractivity contribution >= 4 is 5.97 Å². The van der Waals surface area contributed by atoms with Crippen LogP contribution in [0.3, 0.4) is 0 Å². The number of hydrogen-bond acceptors (Lipinski definition) is 3. The van der Waals surface area contributed by atoms with Crippen molar-refractivity contribution < 1.29 is 19.4 Å². The largest absolute Gasteiger partial charge is 0.481 e. The maximum Gasteiger partial charge on any atom is 0.310 e. The van der Waals surface area contributed by atoms with Gasteiger partial charge in [0.15, 0.2) is 0 Å². The molecule has 5 atom stereocenters. The first kappa shape index (κ1) is 10.3. The van der Waals surface area contributed by atoms with E-state index in [1.54, 1.807) is 0 Å². The SMILES string of the molecule is O=C(O)C1([C]2CCC3OC3C2)CCC2OC2C1. The molecule has 4 nitrogen and oxygen atoms in total. The predicted octanol–water partition coefficient (Wildman–Crippen LogP) is 1.53. The molecule has 0 aromatic heterocycles. The van der Waals surface area contributed by atoms with Crippen LogP contribution in [0.1, 0.15) is 38.5 Å². The van der Waals surface area contributed by atoms with Crippen LogP contribution in [0.4, 0.5) is 0 Å². The number of carboxylic acid groups (broad SMARTS) is 1. The Labute approximate surface area is 100 Å². The molecule has 0 aromatic carbocycles. The van der Waals surface area contributed by atoms with Crippen molar-refractivity contribution in [3.05, 3.63) is 5.92 Å². The Balaban J connectivity index is 1.58. The number of carbonyl (C=O) groups is 1. The van der Waals surface area contributed by atoms with Crippen LogP contribution >= 0.6 is 0 Å². The highest BCUT2D eigenvalue weighted by Crippen LogP contribution is 2.57. The molecule has 2 saturated heterocycles. The molecule has 17 heavy (non-hydrogen) atoms. The molecule has 1 radical (unpaired) electrons. The van der Waals surface area contributed by atoms with Gasteiger partial charge in [0, 0.05) is 0 Å². The minimum Gasteiger partial charge on any atom is -0.481 e. The predicted molar refractivity (Wildman–Crippen MR) is 58.3 cm³/mol. The van der Waals surface area contributed by atoms with E-state index in [0.717, 1.165) is 32.1 Å². The van der Waals surface area contributed by atoms with Crippen molar-refractivity contribution in [2.75, 3.05) is 0 Å². The lowest BCUT2D eigenvalue weighted by atomic mass is 9.62. The van der Waals surface area contributed by atoms with Crippen LogP contribution in [0.5, 0.6) is 0 Å². The monoisotopic (exact) mass is 237 g/mol. The van der Waals surface area contributed by atoms with Gasteiger partial charge in [-0.3, -0.25) is 4.79 Å². The standard InChI is InChI=1S/C13H17O4/c14-12(15)13(4-3-9-11(6-13)17-9)7-1-2-8-10(5-7)16-8/h8-11H,1-6H2,(H,14,15). The van der Waals surface area contributed by atoms with Crippen LogP contribution < -0.4 is 0 Å². The van der Waals surface area contributed by atoms with Crippen molar-refractivity contribution in [3.63, 3.8) is 0 Å². The quantitative estimate of drug-likeness (QED) is 0.740. The fourth-order valence-electron chi connectivity index (χ4n) is 3.82. The molecule has 4 aliphatic rings. The molecule has 1 N–H and O–H groups in total. The van der Waals surface area contributed by atoms with Gasteiger partial charge in [-0.15, -0.1) is 0 Å². The molecule has 5 unspecified atom stereocenters. The number of aliphatic carboxylic acids is 1. The molecule has 2 heterocycles. The molecule has 0 spiro atoms. The molecule has 0 aromatic rings. The first-order valence-corrected chi connectivity index (χ1v) is 6.58. The van der Waals surface area contributed by atoms with Gasteiger partial charge in [-0.25, -0.2) is 0 Å². The summed E-state index contributed by atoms with van der Waals surface area (Å²) in [7, 11) is 0. The van der Waals surface area contributed by atoms with E-state index in [1.807, 2.05) is 0 Å². The van der Waals surface area contributed by atoms with Crippen molar-refractivity contribution in [3.8, 4) is 0 Å². The summed E-state index contributed by atoms with van der Waals surface area (Å²) >= 11 is 0. The first-order valence-electron chi connectivity index (χ1n) is 6.58. The van der Waals surface area contributed by atoms with Crippen LogP contribution in [-0.4, -0.2) is 35.5 Å². The van der Waals surface area contributed by atoms with Gasteiger partial charge in [0.05, 0.1) is 29.8 Å². The Morgan fingerprint density at radius 1 is 1.18 bits per heavy atom. The lowest BCUT2D eigenvalue weighted by molar-refractivity contribution is -0.150. The summed E-state index contributed by atoms with van der Waals surface area (Å²) < 4.78 is 11.0. The maximum atomic E-state index is 11.7. The molecule has 93 valence electrons. The molecule has 2 saturated carbocycles. The number of hydrogen-bond donors (Lipinski definition) is 1. The number of ether oxygens (including phenoxy) is 2. The number of carboxylic acids is 1. The lowest BCUT2D eigenvalue weighted by Crippen LogP contribution is -2.43. The molecule has 4 heteroatoms. The molecular weight excluding hydrogens is 220 g/mol. The topological polar surface area (TPSA) is 62.4 Å². The highest BCUT2D eigenvalue weighted by molar-refractivity contribution is 5.78. The van der Waals surface area contributed by atoms with E-state index in [2.05, 4.69) is 0 Å². The van der Waals surface area contributed by atoms with E-state index in [1.165, 1.54) is 5.92 Å². The zero-order valence-electron chi connectivity index (χ0n) is 9.72. The fraction of sp³-hybridized carbons (Fsp3) is 0.846. The average molecular weight is 237 g/mol. The normalized spacial score (nSPS) is 52.5. The summed E-state index contributed by atoms with van der Waals surface area (Å²) in [6, 6.07) is 0. The molecule has 0 bridgehead atoms. The minimum absolute atomic E-state index is 0.213. The van der Waals surface area contributed by atoms with E-state index < -0.39 is 11.4 Å². The van der Waals surface area contributed by atoms with E-state index in [4.69, 9.17) is 9.47 Å². The van der Waals surface area contributed by atoms with Crippen molar-refractivity contribution in [1.82, 2.24) is 0 Å². The molecular formula is C13H17O4. The molecule has 4 rings (SSSR count). The number of epoxide rings is 2. The Morgan fingerprint density at radius 2 is 1.94 bits per heavy atom. The Morgan fingerprint density at radius 3 is 2.65 bits per heavy atom. The average Bonchev–Trinajstić information content (AvgIpc) is 3.21. The van der Waals surface area contributed by atoms with E-state index in [9.17, 15) is 9.90 Å². The van der Waals surface area contributed by atoms with Crippen molar-refractivity contribution in [2.24, 2.45) is 5.41 Å². The smallest absolute Gasteiger partial charge is 0.310 e. The van der Waals surface area contributed by atoms with Crippen molar-refractivity contribution in [2.45, 2.75) is 62.9 Å². The van der Waals surface area contributed by atoms with Gasteiger partial charge in [0.1, 0.15) is 0 Å². The summed E-state index contributed by atoms with van der Waals surface area (Å²) in [4.78, 5) is 11.7. The number of fused-ring (bicyclic) bond motifs is 2. The Hall–Kier alpha value is -0.610. The Bertz CT molecular complexity index is 368. The minimum atomic E-state index is -0.638.